The molecular weight excluding hydrogens is 120 g/mol. The van der Waals surface area contributed by atoms with Crippen molar-refractivity contribution in [3.63, 3.8) is 0 Å². The molecular formula is C10H18. The molecule has 0 N–H and O–H groups in total. The second kappa shape index (κ2) is 4.32. The van der Waals surface area contributed by atoms with E-state index < -0.39 is 0 Å². The van der Waals surface area contributed by atoms with Gasteiger partial charge in [0, 0.05) is 0 Å². The highest BCUT2D eigenvalue weighted by atomic mass is 14.0. The third kappa shape index (κ3) is 2.86. The van der Waals surface area contributed by atoms with Gasteiger partial charge in [-0.25, -0.2) is 0 Å². The Morgan fingerprint density at radius 3 is 1.90 bits per heavy atom. The van der Waals surface area contributed by atoms with Crippen LogP contribution >= 0.6 is 0 Å². The van der Waals surface area contributed by atoms with Gasteiger partial charge in [0.25, 0.3) is 0 Å². The monoisotopic (exact) mass is 138 g/mol. The predicted molar refractivity (Wildman–Crippen MR) is 48.1 cm³/mol. The maximum Gasteiger partial charge on any atom is -0.0373 e. The first-order valence-electron chi connectivity index (χ1n) is 3.90. The first-order valence-corrected chi connectivity index (χ1v) is 3.90. The van der Waals surface area contributed by atoms with Crippen molar-refractivity contribution in [3.05, 3.63) is 22.8 Å². The van der Waals surface area contributed by atoms with Crippen LogP contribution in [-0.2, 0) is 0 Å². The van der Waals surface area contributed by atoms with Crippen LogP contribution in [0.1, 0.15) is 41.0 Å². The summed E-state index contributed by atoms with van der Waals surface area (Å²) in [5, 5.41) is 0. The molecule has 0 bridgehead atoms. The van der Waals surface area contributed by atoms with Crippen LogP contribution < -0.4 is 0 Å². The smallest absolute Gasteiger partial charge is 0.0373 e. The van der Waals surface area contributed by atoms with Gasteiger partial charge in [0.15, 0.2) is 0 Å². The fraction of sp³-hybridized carbons (Fsp3) is 0.600. The molecule has 0 saturated heterocycles. The fourth-order valence-electron chi connectivity index (χ4n) is 0.854. The van der Waals surface area contributed by atoms with E-state index in [2.05, 4.69) is 40.7 Å². The van der Waals surface area contributed by atoms with Gasteiger partial charge >= 0.3 is 0 Å². The molecule has 0 heterocycles. The van der Waals surface area contributed by atoms with E-state index in [1.165, 1.54) is 16.7 Å². The van der Waals surface area contributed by atoms with Crippen LogP contribution in [0, 0.1) is 0 Å². The number of hydrogen-bond acceptors (Lipinski definition) is 0. The van der Waals surface area contributed by atoms with Crippen molar-refractivity contribution in [1.82, 2.24) is 0 Å². The zero-order valence-corrected chi connectivity index (χ0v) is 7.78. The Morgan fingerprint density at radius 2 is 1.60 bits per heavy atom. The molecule has 0 aliphatic rings. The Labute approximate surface area is 64.6 Å². The van der Waals surface area contributed by atoms with Gasteiger partial charge in [-0.3, -0.25) is 0 Å². The van der Waals surface area contributed by atoms with Gasteiger partial charge < -0.3 is 0 Å². The van der Waals surface area contributed by atoms with Crippen LogP contribution in [0.4, 0.5) is 0 Å². The highest BCUT2D eigenvalue weighted by Crippen LogP contribution is 2.13. The van der Waals surface area contributed by atoms with Crippen LogP contribution in [0.15, 0.2) is 22.8 Å². The highest BCUT2D eigenvalue weighted by Gasteiger charge is 1.92. The average Bonchev–Trinajstić information content (AvgIpc) is 1.87. The summed E-state index contributed by atoms with van der Waals surface area (Å²) < 4.78 is 0. The third-order valence-corrected chi connectivity index (χ3v) is 1.85. The minimum atomic E-state index is 1.14. The number of hydrogen-bond donors (Lipinski definition) is 0. The van der Waals surface area contributed by atoms with E-state index in [-0.39, 0.29) is 0 Å². The van der Waals surface area contributed by atoms with Crippen molar-refractivity contribution < 1.29 is 0 Å². The molecule has 0 aliphatic heterocycles. The molecule has 0 nitrogen and oxygen atoms in total. The van der Waals surface area contributed by atoms with E-state index in [9.17, 15) is 0 Å². The molecule has 0 aliphatic carbocycles. The molecule has 0 radical (unpaired) electrons. The summed E-state index contributed by atoms with van der Waals surface area (Å²) >= 11 is 0. The predicted octanol–water partition coefficient (Wildman–Crippen LogP) is 3.70. The van der Waals surface area contributed by atoms with E-state index >= 15 is 0 Å². The summed E-state index contributed by atoms with van der Waals surface area (Å²) in [6, 6.07) is 0. The van der Waals surface area contributed by atoms with Crippen LogP contribution in [0.2, 0.25) is 0 Å². The molecule has 58 valence electrons. The van der Waals surface area contributed by atoms with Gasteiger partial charge in [-0.15, -0.1) is 0 Å². The van der Waals surface area contributed by atoms with Gasteiger partial charge in [-0.2, -0.15) is 0 Å². The Bertz CT molecular complexity index is 155. The molecule has 0 aromatic carbocycles. The Kier molecular flexibility index (Phi) is 4.10. The standard InChI is InChI=1S/C10H18/c1-6-7-9(4)10(5)8(2)3/h7H,6H2,1-5H3. The summed E-state index contributed by atoms with van der Waals surface area (Å²) in [6.07, 6.45) is 3.40. The lowest BCUT2D eigenvalue weighted by Gasteiger charge is -2.02. The van der Waals surface area contributed by atoms with Crippen molar-refractivity contribution in [2.24, 2.45) is 0 Å². The number of rotatable bonds is 2. The third-order valence-electron chi connectivity index (χ3n) is 1.85. The normalized spacial score (nSPS) is 11.5. The van der Waals surface area contributed by atoms with E-state index in [0.717, 1.165) is 6.42 Å². The SMILES string of the molecule is CCC=C(C)C(C)=C(C)C. The molecule has 0 fully saturated rings. The fourth-order valence-corrected chi connectivity index (χ4v) is 0.854. The van der Waals surface area contributed by atoms with Crippen LogP contribution in [0.5, 0.6) is 0 Å². The first-order chi connectivity index (χ1) is 4.59. The maximum atomic E-state index is 2.27. The van der Waals surface area contributed by atoms with Gasteiger partial charge in [0.05, 0.1) is 0 Å². The minimum Gasteiger partial charge on any atom is -0.0816 e. The Hall–Kier alpha value is -0.520. The van der Waals surface area contributed by atoms with Crippen molar-refractivity contribution in [2.45, 2.75) is 41.0 Å². The minimum absolute atomic E-state index is 1.14. The van der Waals surface area contributed by atoms with Crippen LogP contribution in [0.3, 0.4) is 0 Å². The average molecular weight is 138 g/mol. The van der Waals surface area contributed by atoms with Gasteiger partial charge in [0.2, 0.25) is 0 Å². The zero-order valence-electron chi connectivity index (χ0n) is 7.78. The molecule has 0 atom stereocenters. The summed E-state index contributed by atoms with van der Waals surface area (Å²) in [5.41, 5.74) is 4.27. The van der Waals surface area contributed by atoms with Gasteiger partial charge in [0.1, 0.15) is 0 Å². The molecule has 0 amide bonds. The van der Waals surface area contributed by atoms with E-state index in [4.69, 9.17) is 0 Å². The molecule has 0 saturated carbocycles. The maximum absolute atomic E-state index is 2.27. The molecule has 0 heteroatoms. The largest absolute Gasteiger partial charge is 0.0816 e. The Balaban J connectivity index is 4.36. The van der Waals surface area contributed by atoms with Crippen LogP contribution in [-0.4, -0.2) is 0 Å². The van der Waals surface area contributed by atoms with Gasteiger partial charge in [-0.05, 0) is 39.7 Å². The second-order valence-electron chi connectivity index (χ2n) is 2.92. The van der Waals surface area contributed by atoms with Crippen molar-refractivity contribution in [2.75, 3.05) is 0 Å². The lowest BCUT2D eigenvalue weighted by atomic mass is 10.0. The van der Waals surface area contributed by atoms with Gasteiger partial charge in [-0.1, -0.05) is 24.1 Å². The lowest BCUT2D eigenvalue weighted by molar-refractivity contribution is 1.15. The quantitative estimate of drug-likeness (QED) is 0.510. The molecule has 0 rings (SSSR count). The summed E-state index contributed by atoms with van der Waals surface area (Å²) in [7, 11) is 0. The van der Waals surface area contributed by atoms with E-state index in [1.54, 1.807) is 0 Å². The summed E-state index contributed by atoms with van der Waals surface area (Å²) in [6.45, 7) is 10.8. The van der Waals surface area contributed by atoms with Crippen molar-refractivity contribution in [1.29, 1.82) is 0 Å². The van der Waals surface area contributed by atoms with Crippen molar-refractivity contribution in [3.8, 4) is 0 Å². The first kappa shape index (κ1) is 9.48. The second-order valence-corrected chi connectivity index (χ2v) is 2.92. The molecule has 0 aromatic heterocycles. The van der Waals surface area contributed by atoms with Crippen molar-refractivity contribution >= 4 is 0 Å². The van der Waals surface area contributed by atoms with Crippen LogP contribution in [0.25, 0.3) is 0 Å². The zero-order chi connectivity index (χ0) is 8.15. The van der Waals surface area contributed by atoms with E-state index in [0.29, 0.717) is 0 Å². The summed E-state index contributed by atoms with van der Waals surface area (Å²) in [5.74, 6) is 0. The molecule has 0 aromatic rings. The van der Waals surface area contributed by atoms with E-state index in [1.807, 2.05) is 0 Å². The lowest BCUT2D eigenvalue weighted by Crippen LogP contribution is -1.81. The molecule has 0 unspecified atom stereocenters. The number of allylic oxidation sites excluding steroid dienone is 4. The highest BCUT2D eigenvalue weighted by molar-refractivity contribution is 5.30. The molecule has 10 heavy (non-hydrogen) atoms. The topological polar surface area (TPSA) is 0 Å². The molecule has 0 spiro atoms. The summed E-state index contributed by atoms with van der Waals surface area (Å²) in [4.78, 5) is 0. The Morgan fingerprint density at radius 1 is 1.10 bits per heavy atom.